The minimum Gasteiger partial charge on any atom is -0.508 e. The summed E-state index contributed by atoms with van der Waals surface area (Å²) in [7, 11) is 0. The maximum atomic E-state index is 12.6. The molecule has 1 N–H and O–H groups in total. The number of carbonyl (C=O) groups is 2. The lowest BCUT2D eigenvalue weighted by Gasteiger charge is -2.38. The number of phenols is 1. The van der Waals surface area contributed by atoms with E-state index >= 15 is 0 Å². The summed E-state index contributed by atoms with van der Waals surface area (Å²) in [5.74, 6) is 0.180. The number of hydrogen-bond acceptors (Lipinski definition) is 3. The van der Waals surface area contributed by atoms with Gasteiger partial charge in [-0.25, -0.2) is 0 Å². The summed E-state index contributed by atoms with van der Waals surface area (Å²) in [5, 5.41) is 13.2. The average Bonchev–Trinajstić information content (AvgIpc) is 3.10. The van der Waals surface area contributed by atoms with Crippen molar-refractivity contribution >= 4 is 33.5 Å². The molecular formula is C26H22N2O3. The van der Waals surface area contributed by atoms with E-state index in [1.54, 1.807) is 28.5 Å². The summed E-state index contributed by atoms with van der Waals surface area (Å²) in [6, 6.07) is 19.5. The van der Waals surface area contributed by atoms with Crippen LogP contribution in [0.3, 0.4) is 0 Å². The van der Waals surface area contributed by atoms with Gasteiger partial charge in [-0.05, 0) is 52.2 Å². The van der Waals surface area contributed by atoms with E-state index in [0.717, 1.165) is 38.5 Å². The van der Waals surface area contributed by atoms with Gasteiger partial charge in [0.2, 0.25) is 11.8 Å². The van der Waals surface area contributed by atoms with Gasteiger partial charge in [-0.3, -0.25) is 14.2 Å². The Hall–Kier alpha value is -3.86. The lowest BCUT2D eigenvalue weighted by atomic mass is 9.95. The van der Waals surface area contributed by atoms with Crippen LogP contribution >= 0.6 is 0 Å². The smallest absolute Gasteiger partial charge is 0.245 e. The van der Waals surface area contributed by atoms with E-state index in [1.807, 2.05) is 48.5 Å². The van der Waals surface area contributed by atoms with Gasteiger partial charge in [0, 0.05) is 37.0 Å². The molecule has 0 saturated carbocycles. The number of likely N-dealkylation sites (tertiary alicyclic amines) is 1. The number of aromatic hydroxyl groups is 1. The van der Waals surface area contributed by atoms with Gasteiger partial charge in [0.25, 0.3) is 0 Å². The van der Waals surface area contributed by atoms with Gasteiger partial charge in [0.1, 0.15) is 5.75 Å². The van der Waals surface area contributed by atoms with Crippen LogP contribution in [-0.4, -0.2) is 39.5 Å². The first-order valence-corrected chi connectivity index (χ1v) is 10.3. The molecule has 1 saturated heterocycles. The Kier molecular flexibility index (Phi) is 4.40. The molecule has 5 nitrogen and oxygen atoms in total. The highest BCUT2D eigenvalue weighted by atomic mass is 16.3. The maximum Gasteiger partial charge on any atom is 0.245 e. The Balaban J connectivity index is 1.63. The quantitative estimate of drug-likeness (QED) is 0.487. The van der Waals surface area contributed by atoms with Crippen molar-refractivity contribution in [3.63, 3.8) is 0 Å². The third-order valence-electron chi connectivity index (χ3n) is 6.09. The van der Waals surface area contributed by atoms with Crippen molar-refractivity contribution in [2.45, 2.75) is 12.8 Å². The van der Waals surface area contributed by atoms with Crippen molar-refractivity contribution < 1.29 is 14.7 Å². The number of rotatable bonds is 3. The average molecular weight is 410 g/mol. The lowest BCUT2D eigenvalue weighted by Crippen LogP contribution is -2.48. The Morgan fingerprint density at radius 2 is 1.81 bits per heavy atom. The Morgan fingerprint density at radius 1 is 1.03 bits per heavy atom. The molecule has 1 aliphatic heterocycles. The number of fused-ring (bicyclic) bond motifs is 2. The van der Waals surface area contributed by atoms with E-state index in [4.69, 9.17) is 0 Å². The van der Waals surface area contributed by atoms with Gasteiger partial charge in [0.15, 0.2) is 0 Å². The molecule has 0 bridgehead atoms. The van der Waals surface area contributed by atoms with Crippen LogP contribution in [0, 0.1) is 0 Å². The van der Waals surface area contributed by atoms with Crippen molar-refractivity contribution in [2.24, 2.45) is 0 Å². The topological polar surface area (TPSA) is 62.5 Å². The molecule has 0 radical (unpaired) electrons. The minimum absolute atomic E-state index is 0.0589. The number of amides is 1. The van der Waals surface area contributed by atoms with E-state index in [0.29, 0.717) is 13.1 Å². The van der Waals surface area contributed by atoms with Crippen LogP contribution in [0.4, 0.5) is 0 Å². The van der Waals surface area contributed by atoms with Crippen LogP contribution < -0.4 is 0 Å². The zero-order valence-corrected chi connectivity index (χ0v) is 17.2. The Morgan fingerprint density at radius 3 is 2.55 bits per heavy atom. The molecule has 1 fully saturated rings. The first kappa shape index (κ1) is 19.1. The summed E-state index contributed by atoms with van der Waals surface area (Å²) in [6.45, 7) is 6.26. The normalized spacial score (nSPS) is 14.0. The first-order valence-electron chi connectivity index (χ1n) is 10.3. The predicted octanol–water partition coefficient (Wildman–Crippen LogP) is 4.94. The largest absolute Gasteiger partial charge is 0.508 e. The summed E-state index contributed by atoms with van der Waals surface area (Å²) >= 11 is 0. The van der Waals surface area contributed by atoms with Crippen molar-refractivity contribution in [2.75, 3.05) is 13.1 Å². The van der Waals surface area contributed by atoms with Crippen molar-refractivity contribution in [1.29, 1.82) is 0 Å². The third kappa shape index (κ3) is 3.10. The molecule has 2 heterocycles. The van der Waals surface area contributed by atoms with Gasteiger partial charge >= 0.3 is 0 Å². The summed E-state index contributed by atoms with van der Waals surface area (Å²) in [4.78, 5) is 26.1. The van der Waals surface area contributed by atoms with Gasteiger partial charge in [-0.15, -0.1) is 0 Å². The van der Waals surface area contributed by atoms with Crippen molar-refractivity contribution in [3.8, 4) is 16.9 Å². The van der Waals surface area contributed by atoms with Gasteiger partial charge in [0.05, 0.1) is 5.52 Å². The second-order valence-corrected chi connectivity index (χ2v) is 8.06. The second kappa shape index (κ2) is 7.13. The van der Waals surface area contributed by atoms with Crippen LogP contribution in [0.25, 0.3) is 32.8 Å². The van der Waals surface area contributed by atoms with E-state index in [9.17, 15) is 14.7 Å². The fraction of sp³-hybridized carbons (Fsp3) is 0.154. The van der Waals surface area contributed by atoms with E-state index in [1.165, 1.54) is 6.08 Å². The van der Waals surface area contributed by atoms with Crippen LogP contribution in [-0.2, 0) is 4.79 Å². The Labute approximate surface area is 179 Å². The lowest BCUT2D eigenvalue weighted by molar-refractivity contribution is -0.130. The molecule has 1 amide bonds. The van der Waals surface area contributed by atoms with Crippen LogP contribution in [0.2, 0.25) is 0 Å². The first-order chi connectivity index (χ1) is 15.0. The number of carbonyl (C=O) groups excluding carboxylic acids is 2. The van der Waals surface area contributed by atoms with Gasteiger partial charge in [-0.1, -0.05) is 43.0 Å². The highest BCUT2D eigenvalue weighted by Gasteiger charge is 2.33. The molecule has 31 heavy (non-hydrogen) atoms. The zero-order valence-electron chi connectivity index (χ0n) is 17.2. The number of aromatic nitrogens is 1. The molecule has 0 unspecified atom stereocenters. The number of benzene rings is 3. The molecule has 4 aromatic rings. The molecular weight excluding hydrogens is 388 g/mol. The minimum atomic E-state index is -0.0835. The number of nitrogens with zero attached hydrogens (tertiary/aromatic N) is 2. The molecule has 3 aromatic carbocycles. The summed E-state index contributed by atoms with van der Waals surface area (Å²) < 4.78 is 1.75. The third-order valence-corrected chi connectivity index (χ3v) is 6.09. The standard InChI is InChI=1S/C26H22N2O3/c1-3-26(31)27-14-20(15-27)25-12-19-9-8-18(11-24(19)28(25)16(2)29)23-13-21(30)10-17-6-4-5-7-22(17)23/h3-13,20,30H,1,14-15H2,2H3. The molecule has 0 spiro atoms. The van der Waals surface area contributed by atoms with Crippen molar-refractivity contribution in [1.82, 2.24) is 9.47 Å². The van der Waals surface area contributed by atoms with E-state index in [2.05, 4.69) is 6.58 Å². The number of hydrogen-bond donors (Lipinski definition) is 1. The van der Waals surface area contributed by atoms with E-state index < -0.39 is 0 Å². The number of phenolic OH excluding ortho intramolecular Hbond substituents is 1. The SMILES string of the molecule is C=CC(=O)N1CC(c2cc3ccc(-c4cc(O)cc5ccccc45)cc3n2C(C)=O)C1. The van der Waals surface area contributed by atoms with Crippen molar-refractivity contribution in [3.05, 3.63) is 79.0 Å². The molecule has 0 atom stereocenters. The van der Waals surface area contributed by atoms with Gasteiger partial charge in [-0.2, -0.15) is 0 Å². The fourth-order valence-corrected chi connectivity index (χ4v) is 4.55. The van der Waals surface area contributed by atoms with Crippen LogP contribution in [0.15, 0.2) is 73.3 Å². The predicted molar refractivity (Wildman–Crippen MR) is 122 cm³/mol. The van der Waals surface area contributed by atoms with Crippen LogP contribution in [0.5, 0.6) is 5.75 Å². The zero-order chi connectivity index (χ0) is 21.7. The summed E-state index contributed by atoms with van der Waals surface area (Å²) in [5.41, 5.74) is 3.61. The highest BCUT2D eigenvalue weighted by molar-refractivity contribution is 6.01. The van der Waals surface area contributed by atoms with Gasteiger partial charge < -0.3 is 10.0 Å². The molecule has 5 heteroatoms. The molecule has 5 rings (SSSR count). The molecule has 154 valence electrons. The summed E-state index contributed by atoms with van der Waals surface area (Å²) in [6.07, 6.45) is 1.32. The van der Waals surface area contributed by atoms with Crippen LogP contribution in [0.1, 0.15) is 23.3 Å². The molecule has 1 aliphatic rings. The Bertz CT molecular complexity index is 1380. The molecule has 1 aromatic heterocycles. The van der Waals surface area contributed by atoms with E-state index in [-0.39, 0.29) is 23.5 Å². The maximum absolute atomic E-state index is 12.6. The second-order valence-electron chi connectivity index (χ2n) is 8.06. The fourth-order valence-electron chi connectivity index (χ4n) is 4.55. The highest BCUT2D eigenvalue weighted by Crippen LogP contribution is 2.37. The monoisotopic (exact) mass is 410 g/mol. The molecule has 0 aliphatic carbocycles.